The molecule has 1 rings (SSSR count). The molecule has 0 bridgehead atoms. The van der Waals surface area contributed by atoms with Gasteiger partial charge >= 0.3 is 0 Å². The highest BCUT2D eigenvalue weighted by molar-refractivity contribution is 5.13. The van der Waals surface area contributed by atoms with Gasteiger partial charge in [0.1, 0.15) is 0 Å². The molecule has 0 aromatic heterocycles. The summed E-state index contributed by atoms with van der Waals surface area (Å²) in [6.07, 6.45) is -0.509. The Morgan fingerprint density at radius 2 is 1.95 bits per heavy atom. The lowest BCUT2D eigenvalue weighted by Crippen LogP contribution is -2.36. The normalized spacial score (nSPS) is 14.3. The van der Waals surface area contributed by atoms with E-state index in [4.69, 9.17) is 4.74 Å². The predicted molar refractivity (Wildman–Crippen MR) is 72.3 cm³/mol. The molecular formula is C14H21NO4. The number of hydrogen-bond donors (Lipinski definition) is 1. The Kier molecular flexibility index (Phi) is 6.45. The topological polar surface area (TPSA) is 72.6 Å². The van der Waals surface area contributed by atoms with Gasteiger partial charge in [0.05, 0.1) is 25.2 Å². The van der Waals surface area contributed by atoms with Crippen LogP contribution in [-0.4, -0.2) is 29.3 Å². The zero-order valence-corrected chi connectivity index (χ0v) is 11.4. The number of aliphatic hydroxyl groups excluding tert-OH is 1. The van der Waals surface area contributed by atoms with Gasteiger partial charge in [0.25, 0.3) is 0 Å². The number of aliphatic hydroxyl groups is 1. The van der Waals surface area contributed by atoms with Crippen molar-refractivity contribution in [2.45, 2.75) is 26.6 Å². The number of nitro groups is 1. The van der Waals surface area contributed by atoms with Crippen molar-refractivity contribution in [2.75, 3.05) is 13.2 Å². The van der Waals surface area contributed by atoms with Gasteiger partial charge in [-0.15, -0.1) is 0 Å². The van der Waals surface area contributed by atoms with Crippen LogP contribution in [0, 0.1) is 22.0 Å². The molecule has 0 radical (unpaired) electrons. The summed E-state index contributed by atoms with van der Waals surface area (Å²) in [7, 11) is 0. The number of rotatable bonds is 8. The molecular weight excluding hydrogens is 246 g/mol. The van der Waals surface area contributed by atoms with Crippen molar-refractivity contribution in [3.63, 3.8) is 0 Å². The van der Waals surface area contributed by atoms with Crippen LogP contribution < -0.4 is 0 Å². The first-order valence-electron chi connectivity index (χ1n) is 6.42. The summed E-state index contributed by atoms with van der Waals surface area (Å²) in [6, 6.07) is 9.57. The molecule has 19 heavy (non-hydrogen) atoms. The molecule has 0 heterocycles. The summed E-state index contributed by atoms with van der Waals surface area (Å²) in [5, 5.41) is 20.1. The van der Waals surface area contributed by atoms with Gasteiger partial charge in [-0.25, -0.2) is 0 Å². The van der Waals surface area contributed by atoms with Crippen molar-refractivity contribution in [3.05, 3.63) is 46.0 Å². The van der Waals surface area contributed by atoms with Gasteiger partial charge in [0.2, 0.25) is 6.54 Å². The molecule has 2 atom stereocenters. The van der Waals surface area contributed by atoms with Gasteiger partial charge in [-0.05, 0) is 11.5 Å². The van der Waals surface area contributed by atoms with Crippen LogP contribution in [0.1, 0.15) is 19.4 Å². The maximum absolute atomic E-state index is 10.7. The summed E-state index contributed by atoms with van der Waals surface area (Å²) >= 11 is 0. The Hall–Kier alpha value is -1.46. The average molecular weight is 267 g/mol. The minimum absolute atomic E-state index is 0.0818. The molecule has 0 unspecified atom stereocenters. The Bertz CT molecular complexity index is 380. The molecule has 0 aliphatic rings. The molecule has 0 fully saturated rings. The van der Waals surface area contributed by atoms with Crippen LogP contribution in [0.15, 0.2) is 30.3 Å². The molecule has 0 spiro atoms. The van der Waals surface area contributed by atoms with Gasteiger partial charge in [-0.1, -0.05) is 44.2 Å². The number of nitrogens with zero attached hydrogens (tertiary/aromatic N) is 1. The quantitative estimate of drug-likeness (QED) is 0.578. The first-order chi connectivity index (χ1) is 9.04. The number of ether oxygens (including phenoxy) is 1. The first kappa shape index (κ1) is 15.6. The number of hydrogen-bond acceptors (Lipinski definition) is 4. The first-order valence-corrected chi connectivity index (χ1v) is 6.42. The van der Waals surface area contributed by atoms with Crippen LogP contribution in [0.5, 0.6) is 0 Å². The highest BCUT2D eigenvalue weighted by Crippen LogP contribution is 2.19. The van der Waals surface area contributed by atoms with E-state index >= 15 is 0 Å². The second-order valence-corrected chi connectivity index (χ2v) is 4.94. The average Bonchev–Trinajstić information content (AvgIpc) is 2.38. The molecule has 1 aromatic carbocycles. The van der Waals surface area contributed by atoms with E-state index in [0.717, 1.165) is 5.56 Å². The predicted octanol–water partition coefficient (Wildman–Crippen LogP) is 2.11. The largest absolute Gasteiger partial charge is 0.394 e. The lowest BCUT2D eigenvalue weighted by molar-refractivity contribution is -0.492. The van der Waals surface area contributed by atoms with E-state index in [-0.39, 0.29) is 29.9 Å². The fourth-order valence-electron chi connectivity index (χ4n) is 2.02. The SMILES string of the molecule is CC(C)[C@@H](C[N+](=O)[O-])[C@H](CO)OCc1ccccc1. The van der Waals surface area contributed by atoms with E-state index in [9.17, 15) is 15.2 Å². The third-order valence-corrected chi connectivity index (χ3v) is 3.18. The molecule has 0 amide bonds. The van der Waals surface area contributed by atoms with Gasteiger partial charge < -0.3 is 9.84 Å². The van der Waals surface area contributed by atoms with Crippen LogP contribution in [-0.2, 0) is 11.3 Å². The van der Waals surface area contributed by atoms with Gasteiger partial charge in [-0.2, -0.15) is 0 Å². The highest BCUT2D eigenvalue weighted by Gasteiger charge is 2.29. The Morgan fingerprint density at radius 1 is 1.32 bits per heavy atom. The lowest BCUT2D eigenvalue weighted by atomic mass is 9.90. The molecule has 0 aliphatic carbocycles. The van der Waals surface area contributed by atoms with E-state index in [1.165, 1.54) is 0 Å². The Labute approximate surface area is 113 Å². The van der Waals surface area contributed by atoms with Crippen LogP contribution in [0.2, 0.25) is 0 Å². The van der Waals surface area contributed by atoms with Crippen LogP contribution in [0.25, 0.3) is 0 Å². The van der Waals surface area contributed by atoms with Crippen LogP contribution in [0.4, 0.5) is 0 Å². The minimum atomic E-state index is -0.509. The van der Waals surface area contributed by atoms with E-state index in [0.29, 0.717) is 6.61 Å². The maximum Gasteiger partial charge on any atom is 0.209 e. The molecule has 0 saturated heterocycles. The minimum Gasteiger partial charge on any atom is -0.394 e. The van der Waals surface area contributed by atoms with Gasteiger partial charge in [-0.3, -0.25) is 10.1 Å². The Morgan fingerprint density at radius 3 is 2.42 bits per heavy atom. The monoisotopic (exact) mass is 267 g/mol. The van der Waals surface area contributed by atoms with Crippen LogP contribution in [0.3, 0.4) is 0 Å². The van der Waals surface area contributed by atoms with E-state index in [2.05, 4.69) is 0 Å². The number of benzene rings is 1. The molecule has 5 nitrogen and oxygen atoms in total. The van der Waals surface area contributed by atoms with Crippen molar-refractivity contribution in [1.29, 1.82) is 0 Å². The smallest absolute Gasteiger partial charge is 0.209 e. The van der Waals surface area contributed by atoms with E-state index < -0.39 is 6.10 Å². The zero-order valence-electron chi connectivity index (χ0n) is 11.4. The summed E-state index contributed by atoms with van der Waals surface area (Å²) in [6.45, 7) is 3.78. The summed E-state index contributed by atoms with van der Waals surface area (Å²) in [5.41, 5.74) is 0.990. The zero-order chi connectivity index (χ0) is 14.3. The van der Waals surface area contributed by atoms with Crippen molar-refractivity contribution in [1.82, 2.24) is 0 Å². The molecule has 106 valence electrons. The van der Waals surface area contributed by atoms with Gasteiger partial charge in [0.15, 0.2) is 0 Å². The molecule has 0 saturated carbocycles. The second kappa shape index (κ2) is 7.86. The van der Waals surface area contributed by atoms with Crippen molar-refractivity contribution in [2.24, 2.45) is 11.8 Å². The van der Waals surface area contributed by atoms with E-state index in [1.807, 2.05) is 44.2 Å². The third-order valence-electron chi connectivity index (χ3n) is 3.18. The van der Waals surface area contributed by atoms with Crippen LogP contribution >= 0.6 is 0 Å². The van der Waals surface area contributed by atoms with Crippen molar-refractivity contribution in [3.8, 4) is 0 Å². The third kappa shape index (κ3) is 5.36. The molecule has 1 N–H and O–H groups in total. The highest BCUT2D eigenvalue weighted by atomic mass is 16.6. The summed E-state index contributed by atoms with van der Waals surface area (Å²) in [4.78, 5) is 10.3. The molecule has 1 aromatic rings. The maximum atomic E-state index is 10.7. The standard InChI is InChI=1S/C14H21NO4/c1-11(2)13(8-15(17)18)14(9-16)19-10-12-6-4-3-5-7-12/h3-7,11,13-14,16H,8-10H2,1-2H3/t13-,14+/m1/s1. The molecule has 5 heteroatoms. The van der Waals surface area contributed by atoms with Gasteiger partial charge in [0, 0.05) is 4.92 Å². The Balaban J connectivity index is 2.61. The van der Waals surface area contributed by atoms with E-state index in [1.54, 1.807) is 0 Å². The molecule has 0 aliphatic heterocycles. The second-order valence-electron chi connectivity index (χ2n) is 4.94. The fraction of sp³-hybridized carbons (Fsp3) is 0.571. The summed E-state index contributed by atoms with van der Waals surface area (Å²) < 4.78 is 5.65. The van der Waals surface area contributed by atoms with Crippen molar-refractivity contribution < 1.29 is 14.8 Å². The fourth-order valence-corrected chi connectivity index (χ4v) is 2.02. The lowest BCUT2D eigenvalue weighted by Gasteiger charge is -2.25. The summed E-state index contributed by atoms with van der Waals surface area (Å²) in [5.74, 6) is -0.206. The van der Waals surface area contributed by atoms with Crippen molar-refractivity contribution >= 4 is 0 Å².